The predicted molar refractivity (Wildman–Crippen MR) is 49.0 cm³/mol. The van der Waals surface area contributed by atoms with Crippen molar-refractivity contribution < 1.29 is 9.90 Å². The van der Waals surface area contributed by atoms with Gasteiger partial charge in [0.25, 0.3) is 0 Å². The minimum Gasteiger partial charge on any atom is -0.476 e. The quantitative estimate of drug-likeness (QED) is 0.739. The van der Waals surface area contributed by atoms with Crippen LogP contribution in [-0.4, -0.2) is 36.0 Å². The first-order chi connectivity index (χ1) is 7.20. The van der Waals surface area contributed by atoms with Crippen molar-refractivity contribution >= 4 is 5.97 Å². The molecule has 0 aliphatic rings. The van der Waals surface area contributed by atoms with E-state index in [1.165, 1.54) is 30.3 Å². The lowest BCUT2D eigenvalue weighted by atomic mass is 10.2. The molecule has 0 bridgehead atoms. The smallest absolute Gasteiger partial charge is 0.356 e. The Kier molecular flexibility index (Phi) is 2.13. The van der Waals surface area contributed by atoms with Gasteiger partial charge in [-0.15, -0.1) is 5.10 Å². The molecule has 0 saturated carbocycles. The molecule has 76 valence electrons. The largest absolute Gasteiger partial charge is 0.476 e. The monoisotopic (exact) mass is 205 g/mol. The molecule has 0 amide bonds. The summed E-state index contributed by atoms with van der Waals surface area (Å²) in [6.45, 7) is 0. The molecule has 7 heteroatoms. The van der Waals surface area contributed by atoms with Gasteiger partial charge in [0.05, 0.1) is 6.20 Å². The van der Waals surface area contributed by atoms with Crippen molar-refractivity contribution in [3.05, 3.63) is 24.3 Å². The summed E-state index contributed by atoms with van der Waals surface area (Å²) in [5, 5.41) is 16.3. The molecule has 1 N–H and O–H groups in total. The lowest BCUT2D eigenvalue weighted by Gasteiger charge is -1.97. The molecule has 2 aromatic rings. The zero-order valence-corrected chi connectivity index (χ0v) is 7.82. The van der Waals surface area contributed by atoms with E-state index in [9.17, 15) is 4.79 Å². The van der Waals surface area contributed by atoms with Crippen LogP contribution in [-0.2, 0) is 7.05 Å². The predicted octanol–water partition coefficient (Wildman–Crippen LogP) is -0.0297. The third-order valence-corrected chi connectivity index (χ3v) is 1.84. The van der Waals surface area contributed by atoms with Gasteiger partial charge in [-0.3, -0.25) is 9.97 Å². The highest BCUT2D eigenvalue weighted by Crippen LogP contribution is 2.16. The molecule has 0 aromatic carbocycles. The number of carboxylic acid groups (broad SMARTS) is 1. The molecule has 0 aliphatic heterocycles. The fourth-order valence-corrected chi connectivity index (χ4v) is 1.19. The van der Waals surface area contributed by atoms with Crippen LogP contribution in [0.1, 0.15) is 10.5 Å². The molecule has 0 unspecified atom stereocenters. The molecule has 2 aromatic heterocycles. The van der Waals surface area contributed by atoms with Crippen molar-refractivity contribution in [1.82, 2.24) is 25.0 Å². The molecule has 2 rings (SSSR count). The highest BCUT2D eigenvalue weighted by Gasteiger charge is 2.19. The molecular formula is C8H7N5O2. The van der Waals surface area contributed by atoms with E-state index in [4.69, 9.17) is 5.11 Å². The summed E-state index contributed by atoms with van der Waals surface area (Å²) in [6.07, 6.45) is 4.41. The molecule has 7 nitrogen and oxygen atoms in total. The van der Waals surface area contributed by atoms with Crippen LogP contribution in [0.5, 0.6) is 0 Å². The number of carboxylic acids is 1. The molecule has 0 aliphatic carbocycles. The van der Waals surface area contributed by atoms with E-state index in [2.05, 4.69) is 20.3 Å². The summed E-state index contributed by atoms with van der Waals surface area (Å²) in [6, 6.07) is 0. The lowest BCUT2D eigenvalue weighted by Crippen LogP contribution is -2.07. The number of aromatic carboxylic acids is 1. The summed E-state index contributed by atoms with van der Waals surface area (Å²) < 4.78 is 1.19. The fourth-order valence-electron chi connectivity index (χ4n) is 1.19. The summed E-state index contributed by atoms with van der Waals surface area (Å²) >= 11 is 0. The molecular weight excluding hydrogens is 198 g/mol. The standard InChI is InChI=1S/C8H7N5O2/c1-13-7(8(14)15)6(11-12-13)5-4-9-2-3-10-5/h2-4H,1H3,(H,14,15). The minimum absolute atomic E-state index is 0.00417. The number of aryl methyl sites for hydroxylation is 1. The zero-order chi connectivity index (χ0) is 10.8. The highest BCUT2D eigenvalue weighted by molar-refractivity contribution is 5.92. The van der Waals surface area contributed by atoms with Crippen LogP contribution < -0.4 is 0 Å². The van der Waals surface area contributed by atoms with Crippen molar-refractivity contribution in [2.45, 2.75) is 0 Å². The Balaban J connectivity index is 2.59. The van der Waals surface area contributed by atoms with Gasteiger partial charge < -0.3 is 5.11 Å². The van der Waals surface area contributed by atoms with Crippen molar-refractivity contribution in [2.24, 2.45) is 7.05 Å². The average Bonchev–Trinajstić information content (AvgIpc) is 2.61. The maximum absolute atomic E-state index is 10.9. The van der Waals surface area contributed by atoms with Crippen molar-refractivity contribution in [2.75, 3.05) is 0 Å². The maximum Gasteiger partial charge on any atom is 0.356 e. The minimum atomic E-state index is -1.09. The van der Waals surface area contributed by atoms with Gasteiger partial charge in [0.2, 0.25) is 0 Å². The number of aromatic nitrogens is 5. The Bertz CT molecular complexity index is 493. The first-order valence-electron chi connectivity index (χ1n) is 4.09. The number of hydrogen-bond donors (Lipinski definition) is 1. The Morgan fingerprint density at radius 2 is 2.27 bits per heavy atom. The summed E-state index contributed by atoms with van der Waals surface area (Å²) in [7, 11) is 1.51. The van der Waals surface area contributed by atoms with E-state index in [0.717, 1.165) is 0 Å². The first-order valence-corrected chi connectivity index (χ1v) is 4.09. The summed E-state index contributed by atoms with van der Waals surface area (Å²) in [4.78, 5) is 18.7. The van der Waals surface area contributed by atoms with E-state index in [1.807, 2.05) is 0 Å². The molecule has 0 saturated heterocycles. The van der Waals surface area contributed by atoms with Crippen molar-refractivity contribution in [1.29, 1.82) is 0 Å². The molecule has 0 radical (unpaired) electrons. The zero-order valence-electron chi connectivity index (χ0n) is 7.82. The van der Waals surface area contributed by atoms with E-state index in [0.29, 0.717) is 5.69 Å². The Morgan fingerprint density at radius 1 is 1.47 bits per heavy atom. The van der Waals surface area contributed by atoms with Gasteiger partial charge in [0.15, 0.2) is 5.69 Å². The second kappa shape index (κ2) is 3.45. The topological polar surface area (TPSA) is 93.8 Å². The van der Waals surface area contributed by atoms with Gasteiger partial charge in [0, 0.05) is 19.4 Å². The van der Waals surface area contributed by atoms with Gasteiger partial charge in [-0.1, -0.05) is 5.21 Å². The van der Waals surface area contributed by atoms with E-state index >= 15 is 0 Å². The molecule has 0 atom stereocenters. The number of hydrogen-bond acceptors (Lipinski definition) is 5. The van der Waals surface area contributed by atoms with Crippen molar-refractivity contribution in [3.8, 4) is 11.4 Å². The Labute approximate surface area is 84.4 Å². The van der Waals surface area contributed by atoms with E-state index < -0.39 is 5.97 Å². The molecule has 15 heavy (non-hydrogen) atoms. The van der Waals surface area contributed by atoms with E-state index in [1.54, 1.807) is 0 Å². The van der Waals surface area contributed by atoms with Gasteiger partial charge in [-0.2, -0.15) is 0 Å². The fraction of sp³-hybridized carbons (Fsp3) is 0.125. The van der Waals surface area contributed by atoms with Crippen LogP contribution in [0.2, 0.25) is 0 Å². The van der Waals surface area contributed by atoms with Crippen LogP contribution in [0.15, 0.2) is 18.6 Å². The first kappa shape index (κ1) is 9.25. The third kappa shape index (κ3) is 1.54. The Morgan fingerprint density at radius 3 is 2.87 bits per heavy atom. The highest BCUT2D eigenvalue weighted by atomic mass is 16.4. The van der Waals surface area contributed by atoms with Crippen LogP contribution >= 0.6 is 0 Å². The second-order valence-electron chi connectivity index (χ2n) is 2.81. The number of rotatable bonds is 2. The maximum atomic E-state index is 10.9. The second-order valence-corrected chi connectivity index (χ2v) is 2.81. The van der Waals surface area contributed by atoms with Crippen LogP contribution in [0.25, 0.3) is 11.4 Å². The van der Waals surface area contributed by atoms with E-state index in [-0.39, 0.29) is 11.4 Å². The average molecular weight is 205 g/mol. The number of carbonyl (C=O) groups is 1. The Hall–Kier alpha value is -2.31. The lowest BCUT2D eigenvalue weighted by molar-refractivity contribution is 0.0686. The van der Waals surface area contributed by atoms with Crippen LogP contribution in [0.4, 0.5) is 0 Å². The SMILES string of the molecule is Cn1nnc(-c2cnccn2)c1C(=O)O. The van der Waals surface area contributed by atoms with Gasteiger partial charge in [-0.05, 0) is 0 Å². The van der Waals surface area contributed by atoms with Crippen LogP contribution in [0, 0.1) is 0 Å². The summed E-state index contributed by atoms with van der Waals surface area (Å²) in [5.74, 6) is -1.09. The molecule has 0 spiro atoms. The van der Waals surface area contributed by atoms with Gasteiger partial charge in [-0.25, -0.2) is 9.48 Å². The summed E-state index contributed by atoms with van der Waals surface area (Å²) in [5.41, 5.74) is 0.608. The normalized spacial score (nSPS) is 10.2. The third-order valence-electron chi connectivity index (χ3n) is 1.84. The molecule has 2 heterocycles. The van der Waals surface area contributed by atoms with Crippen molar-refractivity contribution in [3.63, 3.8) is 0 Å². The van der Waals surface area contributed by atoms with Gasteiger partial charge >= 0.3 is 5.97 Å². The van der Waals surface area contributed by atoms with Crippen LogP contribution in [0.3, 0.4) is 0 Å². The van der Waals surface area contributed by atoms with Gasteiger partial charge in [0.1, 0.15) is 11.4 Å². The number of nitrogens with zero attached hydrogens (tertiary/aromatic N) is 5. The molecule has 0 fully saturated rings.